The molecule has 0 spiro atoms. The summed E-state index contributed by atoms with van der Waals surface area (Å²) in [5.41, 5.74) is 0. The second-order valence-electron chi connectivity index (χ2n) is 4.47. The minimum atomic E-state index is -0.208. The Hall–Kier alpha value is -0.580. The van der Waals surface area contributed by atoms with Gasteiger partial charge in [-0.05, 0) is 38.5 Å². The average molecular weight is 306 g/mol. The maximum Gasteiger partial charge on any atom is 0.319 e. The molecule has 1 N–H and O–H groups in total. The average Bonchev–Trinajstić information content (AvgIpc) is 2.28. The zero-order valence-electron chi connectivity index (χ0n) is 10.4. The Balaban J connectivity index is 2.35. The standard InChI is InChI=1S/C12H20BrNO3/c1-3-17-12(16)11(13)9-4-6-10(7-5-9)14-8(2)15/h9-11H,3-7H2,1-2H3,(H,14,15)/t9?,10?,11-/m0/s1. The Morgan fingerprint density at radius 1 is 1.35 bits per heavy atom. The van der Waals surface area contributed by atoms with Crippen molar-refractivity contribution in [3.05, 3.63) is 0 Å². The summed E-state index contributed by atoms with van der Waals surface area (Å²) in [5.74, 6) is 0.170. The number of rotatable bonds is 4. The molecule has 1 amide bonds. The zero-order valence-corrected chi connectivity index (χ0v) is 12.0. The molecule has 98 valence electrons. The smallest absolute Gasteiger partial charge is 0.319 e. The fraction of sp³-hybridized carbons (Fsp3) is 0.833. The number of carbonyl (C=O) groups excluding carboxylic acids is 2. The number of esters is 1. The lowest BCUT2D eigenvalue weighted by molar-refractivity contribution is -0.143. The number of hydrogen-bond acceptors (Lipinski definition) is 3. The first kappa shape index (κ1) is 14.5. The van der Waals surface area contributed by atoms with E-state index in [1.165, 1.54) is 6.92 Å². The summed E-state index contributed by atoms with van der Waals surface area (Å²) >= 11 is 3.41. The number of nitrogens with one attached hydrogen (secondary N) is 1. The normalized spacial score (nSPS) is 26.1. The van der Waals surface area contributed by atoms with Crippen molar-refractivity contribution >= 4 is 27.8 Å². The molecule has 17 heavy (non-hydrogen) atoms. The molecular weight excluding hydrogens is 286 g/mol. The summed E-state index contributed by atoms with van der Waals surface area (Å²) < 4.78 is 4.99. The van der Waals surface area contributed by atoms with Crippen LogP contribution in [0.2, 0.25) is 0 Å². The highest BCUT2D eigenvalue weighted by Crippen LogP contribution is 2.31. The molecule has 1 rings (SSSR count). The summed E-state index contributed by atoms with van der Waals surface area (Å²) in [4.78, 5) is 22.3. The van der Waals surface area contributed by atoms with Crippen molar-refractivity contribution in [2.24, 2.45) is 5.92 Å². The largest absolute Gasteiger partial charge is 0.465 e. The zero-order chi connectivity index (χ0) is 12.8. The van der Waals surface area contributed by atoms with E-state index < -0.39 is 0 Å². The van der Waals surface area contributed by atoms with Gasteiger partial charge in [0.1, 0.15) is 4.83 Å². The maximum absolute atomic E-state index is 11.6. The van der Waals surface area contributed by atoms with Crippen LogP contribution in [0.15, 0.2) is 0 Å². The summed E-state index contributed by atoms with van der Waals surface area (Å²) in [6.07, 6.45) is 3.76. The molecule has 0 unspecified atom stereocenters. The minimum absolute atomic E-state index is 0.0224. The molecule has 0 aliphatic heterocycles. The number of ether oxygens (including phenoxy) is 1. The molecule has 0 heterocycles. The topological polar surface area (TPSA) is 55.4 Å². The van der Waals surface area contributed by atoms with Gasteiger partial charge in [0.15, 0.2) is 0 Å². The minimum Gasteiger partial charge on any atom is -0.465 e. The van der Waals surface area contributed by atoms with Crippen molar-refractivity contribution in [3.63, 3.8) is 0 Å². The van der Waals surface area contributed by atoms with E-state index in [9.17, 15) is 9.59 Å². The van der Waals surface area contributed by atoms with Gasteiger partial charge in [-0.1, -0.05) is 15.9 Å². The van der Waals surface area contributed by atoms with Crippen LogP contribution in [-0.4, -0.2) is 29.4 Å². The van der Waals surface area contributed by atoms with E-state index in [1.54, 1.807) is 0 Å². The highest BCUT2D eigenvalue weighted by atomic mass is 79.9. The van der Waals surface area contributed by atoms with Gasteiger partial charge in [-0.15, -0.1) is 0 Å². The van der Waals surface area contributed by atoms with Crippen LogP contribution in [0.3, 0.4) is 0 Å². The van der Waals surface area contributed by atoms with Gasteiger partial charge in [0, 0.05) is 13.0 Å². The summed E-state index contributed by atoms with van der Waals surface area (Å²) in [6, 6.07) is 0.269. The highest BCUT2D eigenvalue weighted by molar-refractivity contribution is 9.10. The van der Waals surface area contributed by atoms with E-state index in [-0.39, 0.29) is 22.7 Å². The first-order valence-corrected chi connectivity index (χ1v) is 7.04. The summed E-state index contributed by atoms with van der Waals surface area (Å²) in [5, 5.41) is 2.93. The molecule has 1 aliphatic carbocycles. The van der Waals surface area contributed by atoms with E-state index in [1.807, 2.05) is 6.92 Å². The fourth-order valence-corrected chi connectivity index (χ4v) is 2.92. The van der Waals surface area contributed by atoms with Crippen LogP contribution in [0, 0.1) is 5.92 Å². The van der Waals surface area contributed by atoms with E-state index in [4.69, 9.17) is 4.74 Å². The first-order chi connectivity index (χ1) is 8.04. The molecule has 1 atom stereocenters. The molecule has 1 saturated carbocycles. The second kappa shape index (κ2) is 6.99. The Morgan fingerprint density at radius 2 is 1.94 bits per heavy atom. The van der Waals surface area contributed by atoms with Crippen molar-refractivity contribution in [1.82, 2.24) is 5.32 Å². The Bertz CT molecular complexity index is 275. The second-order valence-corrected chi connectivity index (χ2v) is 5.45. The predicted molar refractivity (Wildman–Crippen MR) is 68.9 cm³/mol. The number of halogens is 1. The van der Waals surface area contributed by atoms with Gasteiger partial charge in [-0.3, -0.25) is 9.59 Å². The van der Waals surface area contributed by atoms with Crippen LogP contribution in [0.1, 0.15) is 39.5 Å². The predicted octanol–water partition coefficient (Wildman–Crippen LogP) is 2.01. The van der Waals surface area contributed by atoms with Crippen LogP contribution in [0.5, 0.6) is 0 Å². The van der Waals surface area contributed by atoms with Gasteiger partial charge in [-0.25, -0.2) is 0 Å². The summed E-state index contributed by atoms with van der Waals surface area (Å²) in [7, 11) is 0. The van der Waals surface area contributed by atoms with Crippen molar-refractivity contribution in [1.29, 1.82) is 0 Å². The van der Waals surface area contributed by atoms with Gasteiger partial charge < -0.3 is 10.1 Å². The van der Waals surface area contributed by atoms with Crippen LogP contribution < -0.4 is 5.32 Å². The third kappa shape index (κ3) is 4.66. The monoisotopic (exact) mass is 305 g/mol. The lowest BCUT2D eigenvalue weighted by Gasteiger charge is -2.30. The molecule has 0 aromatic heterocycles. The SMILES string of the molecule is CCOC(=O)[C@@H](Br)C1CCC(NC(C)=O)CC1. The van der Waals surface area contributed by atoms with E-state index >= 15 is 0 Å². The Kier molecular flexibility index (Phi) is 5.95. The number of alkyl halides is 1. The molecule has 0 aromatic rings. The molecule has 5 heteroatoms. The number of carbonyl (C=O) groups is 2. The summed E-state index contributed by atoms with van der Waals surface area (Å²) in [6.45, 7) is 3.77. The van der Waals surface area contributed by atoms with Crippen molar-refractivity contribution in [2.45, 2.75) is 50.4 Å². The third-order valence-electron chi connectivity index (χ3n) is 3.10. The van der Waals surface area contributed by atoms with Gasteiger partial charge >= 0.3 is 5.97 Å². The Labute approximate surface area is 111 Å². The molecule has 0 aromatic carbocycles. The van der Waals surface area contributed by atoms with Gasteiger partial charge in [0.25, 0.3) is 0 Å². The maximum atomic E-state index is 11.6. The third-order valence-corrected chi connectivity index (χ3v) is 4.23. The molecule has 1 fully saturated rings. The van der Waals surface area contributed by atoms with Crippen molar-refractivity contribution in [3.8, 4) is 0 Å². The number of amides is 1. The molecule has 4 nitrogen and oxygen atoms in total. The van der Waals surface area contributed by atoms with Gasteiger partial charge in [-0.2, -0.15) is 0 Å². The van der Waals surface area contributed by atoms with Crippen LogP contribution in [0.4, 0.5) is 0 Å². The van der Waals surface area contributed by atoms with Gasteiger partial charge in [0.2, 0.25) is 5.91 Å². The van der Waals surface area contributed by atoms with Crippen LogP contribution in [-0.2, 0) is 14.3 Å². The highest BCUT2D eigenvalue weighted by Gasteiger charge is 2.31. The van der Waals surface area contributed by atoms with Crippen molar-refractivity contribution in [2.75, 3.05) is 6.61 Å². The molecular formula is C12H20BrNO3. The van der Waals surface area contributed by atoms with E-state index in [0.717, 1.165) is 25.7 Å². The molecule has 0 radical (unpaired) electrons. The van der Waals surface area contributed by atoms with E-state index in [2.05, 4.69) is 21.2 Å². The Morgan fingerprint density at radius 3 is 2.41 bits per heavy atom. The lowest BCUT2D eigenvalue weighted by atomic mass is 9.84. The number of hydrogen-bond donors (Lipinski definition) is 1. The fourth-order valence-electron chi connectivity index (χ4n) is 2.26. The quantitative estimate of drug-likeness (QED) is 0.638. The van der Waals surface area contributed by atoms with Crippen LogP contribution >= 0.6 is 15.9 Å². The van der Waals surface area contributed by atoms with Crippen molar-refractivity contribution < 1.29 is 14.3 Å². The first-order valence-electron chi connectivity index (χ1n) is 6.12. The lowest BCUT2D eigenvalue weighted by Crippen LogP contribution is -2.38. The molecule has 0 saturated heterocycles. The van der Waals surface area contributed by atoms with Crippen LogP contribution in [0.25, 0.3) is 0 Å². The molecule has 1 aliphatic rings. The van der Waals surface area contributed by atoms with Gasteiger partial charge in [0.05, 0.1) is 6.61 Å². The van der Waals surface area contributed by atoms with E-state index in [0.29, 0.717) is 12.5 Å². The molecule has 0 bridgehead atoms.